The van der Waals surface area contributed by atoms with Gasteiger partial charge >= 0.3 is 0 Å². The summed E-state index contributed by atoms with van der Waals surface area (Å²) in [5.41, 5.74) is 2.65. The second-order valence-corrected chi connectivity index (χ2v) is 7.52. The molecule has 1 aliphatic rings. The maximum atomic E-state index is 13.1. The fraction of sp³-hybridized carbons (Fsp3) is 0.333. The Labute approximate surface area is 176 Å². The van der Waals surface area contributed by atoms with Gasteiger partial charge in [0.05, 0.1) is 17.8 Å². The highest BCUT2D eigenvalue weighted by atomic mass is 19.1. The van der Waals surface area contributed by atoms with Crippen molar-refractivity contribution in [2.45, 2.75) is 38.0 Å². The Morgan fingerprint density at radius 3 is 2.37 bits per heavy atom. The fourth-order valence-corrected chi connectivity index (χ4v) is 3.64. The van der Waals surface area contributed by atoms with Crippen LogP contribution in [0.5, 0.6) is 0 Å². The number of benzene rings is 2. The summed E-state index contributed by atoms with van der Waals surface area (Å²) in [5, 5.41) is 12.0. The summed E-state index contributed by atoms with van der Waals surface area (Å²) >= 11 is 0. The van der Waals surface area contributed by atoms with Crippen LogP contribution in [0.4, 0.5) is 10.2 Å². The Bertz CT molecular complexity index is 913. The van der Waals surface area contributed by atoms with Crippen LogP contribution < -0.4 is 5.32 Å². The molecule has 1 fully saturated rings. The van der Waals surface area contributed by atoms with Crippen LogP contribution in [-0.4, -0.2) is 35.6 Å². The molecule has 1 aliphatic heterocycles. The third-order valence-electron chi connectivity index (χ3n) is 5.27. The van der Waals surface area contributed by atoms with Crippen molar-refractivity contribution in [2.24, 2.45) is 0 Å². The van der Waals surface area contributed by atoms with Gasteiger partial charge in [0.15, 0.2) is 0 Å². The van der Waals surface area contributed by atoms with Crippen molar-refractivity contribution >= 4 is 5.82 Å². The molecule has 4 rings (SSSR count). The van der Waals surface area contributed by atoms with Gasteiger partial charge in [0, 0.05) is 18.8 Å². The second-order valence-electron chi connectivity index (χ2n) is 7.52. The summed E-state index contributed by atoms with van der Waals surface area (Å²) < 4.78 is 25.1. The molecule has 0 bridgehead atoms. The predicted molar refractivity (Wildman–Crippen MR) is 115 cm³/mol. The van der Waals surface area contributed by atoms with Gasteiger partial charge in [0.1, 0.15) is 17.7 Å². The summed E-state index contributed by atoms with van der Waals surface area (Å²) in [5.74, 6) is 0.403. The van der Waals surface area contributed by atoms with E-state index in [1.807, 2.05) is 30.3 Å². The zero-order valence-corrected chi connectivity index (χ0v) is 17.0. The highest BCUT2D eigenvalue weighted by molar-refractivity contribution is 5.59. The molecule has 1 aromatic heterocycles. The minimum absolute atomic E-state index is 0.0128. The van der Waals surface area contributed by atoms with E-state index in [0.29, 0.717) is 11.5 Å². The Morgan fingerprint density at radius 1 is 0.967 bits per heavy atom. The molecule has 6 heteroatoms. The Balaban J connectivity index is 1.47. The van der Waals surface area contributed by atoms with Crippen molar-refractivity contribution in [2.75, 3.05) is 18.5 Å². The maximum Gasteiger partial charge on any atom is 0.148 e. The van der Waals surface area contributed by atoms with Crippen molar-refractivity contribution < 1.29 is 13.9 Å². The topological polar surface area (TPSA) is 56.3 Å². The predicted octanol–water partition coefficient (Wildman–Crippen LogP) is 5.02. The van der Waals surface area contributed by atoms with Crippen LogP contribution in [-0.2, 0) is 9.47 Å². The van der Waals surface area contributed by atoms with Gasteiger partial charge < -0.3 is 14.8 Å². The Hall–Kier alpha value is -2.83. The number of hydrogen-bond donors (Lipinski definition) is 1. The maximum absolute atomic E-state index is 13.1. The van der Waals surface area contributed by atoms with Gasteiger partial charge in [-0.05, 0) is 61.7 Å². The molecule has 2 atom stereocenters. The molecule has 0 aliphatic carbocycles. The number of aromatic nitrogens is 2. The lowest BCUT2D eigenvalue weighted by Gasteiger charge is -2.32. The molecular formula is C24H26FN3O2. The molecule has 0 radical (unpaired) electrons. The third-order valence-corrected chi connectivity index (χ3v) is 5.27. The van der Waals surface area contributed by atoms with Crippen LogP contribution in [0, 0.1) is 5.82 Å². The first-order valence-corrected chi connectivity index (χ1v) is 10.3. The number of nitrogens with one attached hydrogen (secondary N) is 1. The average molecular weight is 407 g/mol. The summed E-state index contributed by atoms with van der Waals surface area (Å²) in [7, 11) is 0. The molecule has 0 spiro atoms. The molecule has 0 saturated carbocycles. The van der Waals surface area contributed by atoms with Gasteiger partial charge in [-0.2, -0.15) is 0 Å². The summed E-state index contributed by atoms with van der Waals surface area (Å²) in [4.78, 5) is 0. The molecular weight excluding hydrogens is 381 g/mol. The SMILES string of the molecule is CC(Nc1ccc(-c2ccc(F)cc2)nn1)C(OC1CCOCC1)c1ccccc1. The molecule has 30 heavy (non-hydrogen) atoms. The highest BCUT2D eigenvalue weighted by Gasteiger charge is 2.25. The molecule has 156 valence electrons. The van der Waals surface area contributed by atoms with Crippen LogP contribution in [0.2, 0.25) is 0 Å². The lowest BCUT2D eigenvalue weighted by molar-refractivity contribution is -0.0739. The van der Waals surface area contributed by atoms with E-state index in [0.717, 1.165) is 37.2 Å². The van der Waals surface area contributed by atoms with E-state index in [9.17, 15) is 4.39 Å². The van der Waals surface area contributed by atoms with Crippen LogP contribution >= 0.6 is 0 Å². The average Bonchev–Trinajstić information content (AvgIpc) is 2.80. The van der Waals surface area contributed by atoms with E-state index < -0.39 is 0 Å². The Kier molecular flexibility index (Phi) is 6.67. The molecule has 5 nitrogen and oxygen atoms in total. The molecule has 3 aromatic rings. The van der Waals surface area contributed by atoms with Crippen LogP contribution in [0.15, 0.2) is 66.7 Å². The molecule has 2 unspecified atom stereocenters. The zero-order chi connectivity index (χ0) is 20.8. The monoisotopic (exact) mass is 407 g/mol. The van der Waals surface area contributed by atoms with Gasteiger partial charge in [-0.15, -0.1) is 10.2 Å². The molecule has 1 N–H and O–H groups in total. The zero-order valence-electron chi connectivity index (χ0n) is 17.0. The first kappa shape index (κ1) is 20.4. The lowest BCUT2D eigenvalue weighted by atomic mass is 10.0. The lowest BCUT2D eigenvalue weighted by Crippen LogP contribution is -2.32. The van der Waals surface area contributed by atoms with Crippen molar-refractivity contribution in [3.63, 3.8) is 0 Å². The largest absolute Gasteiger partial charge is 0.381 e. The van der Waals surface area contributed by atoms with E-state index in [-0.39, 0.29) is 24.1 Å². The van der Waals surface area contributed by atoms with Crippen LogP contribution in [0.1, 0.15) is 31.4 Å². The number of rotatable bonds is 7. The first-order valence-electron chi connectivity index (χ1n) is 10.3. The van der Waals surface area contributed by atoms with Gasteiger partial charge in [-0.1, -0.05) is 30.3 Å². The fourth-order valence-electron chi connectivity index (χ4n) is 3.64. The minimum atomic E-state index is -0.268. The van der Waals surface area contributed by atoms with Crippen molar-refractivity contribution in [1.82, 2.24) is 10.2 Å². The molecule has 0 amide bonds. The van der Waals surface area contributed by atoms with Gasteiger partial charge in [0.2, 0.25) is 0 Å². The molecule has 2 heterocycles. The van der Waals surface area contributed by atoms with Crippen molar-refractivity contribution in [1.29, 1.82) is 0 Å². The quantitative estimate of drug-likeness (QED) is 0.596. The van der Waals surface area contributed by atoms with E-state index in [4.69, 9.17) is 9.47 Å². The normalized spacial score (nSPS) is 16.7. The first-order chi connectivity index (χ1) is 14.7. The number of hydrogen-bond acceptors (Lipinski definition) is 5. The summed E-state index contributed by atoms with van der Waals surface area (Å²) in [6, 6.07) is 20.2. The Morgan fingerprint density at radius 2 is 1.70 bits per heavy atom. The third kappa shape index (κ3) is 5.20. The van der Waals surface area contributed by atoms with E-state index in [2.05, 4.69) is 34.6 Å². The van der Waals surface area contributed by atoms with Gasteiger partial charge in [-0.25, -0.2) is 4.39 Å². The van der Waals surface area contributed by atoms with Gasteiger partial charge in [0.25, 0.3) is 0 Å². The number of halogens is 1. The van der Waals surface area contributed by atoms with Crippen molar-refractivity contribution in [3.05, 3.63) is 78.1 Å². The smallest absolute Gasteiger partial charge is 0.148 e. The van der Waals surface area contributed by atoms with Gasteiger partial charge in [-0.3, -0.25) is 0 Å². The van der Waals surface area contributed by atoms with Crippen LogP contribution in [0.3, 0.4) is 0 Å². The van der Waals surface area contributed by atoms with E-state index in [1.165, 1.54) is 12.1 Å². The second kappa shape index (κ2) is 9.78. The van der Waals surface area contributed by atoms with Crippen LogP contribution in [0.25, 0.3) is 11.3 Å². The summed E-state index contributed by atoms with van der Waals surface area (Å²) in [6.07, 6.45) is 1.87. The van der Waals surface area contributed by atoms with E-state index in [1.54, 1.807) is 12.1 Å². The van der Waals surface area contributed by atoms with Crippen molar-refractivity contribution in [3.8, 4) is 11.3 Å². The molecule has 1 saturated heterocycles. The molecule has 2 aromatic carbocycles. The highest BCUT2D eigenvalue weighted by Crippen LogP contribution is 2.28. The van der Waals surface area contributed by atoms with E-state index >= 15 is 0 Å². The summed E-state index contributed by atoms with van der Waals surface area (Å²) in [6.45, 7) is 3.57. The standard InChI is InChI=1S/C24H26FN3O2/c1-17(24(19-5-3-2-4-6-19)30-21-13-15-29-16-14-21)26-23-12-11-22(27-28-23)18-7-9-20(25)10-8-18/h2-12,17,21,24H,13-16H2,1H3,(H,26,28). The minimum Gasteiger partial charge on any atom is -0.381 e. The number of nitrogens with zero attached hydrogens (tertiary/aromatic N) is 2. The number of anilines is 1. The number of ether oxygens (including phenoxy) is 2.